The molecule has 0 heterocycles. The second-order valence-electron chi connectivity index (χ2n) is 3.64. The van der Waals surface area contributed by atoms with E-state index in [1.165, 1.54) is 24.3 Å². The Kier molecular flexibility index (Phi) is 4.40. The van der Waals surface area contributed by atoms with Gasteiger partial charge in [0.05, 0.1) is 5.75 Å². The van der Waals surface area contributed by atoms with Gasteiger partial charge >= 0.3 is 0 Å². The predicted octanol–water partition coefficient (Wildman–Crippen LogP) is 0.592. The topological polar surface area (TPSA) is 72.2 Å². The van der Waals surface area contributed by atoms with Crippen LogP contribution in [0, 0.1) is 5.82 Å². The number of sulfonamides is 1. The maximum atomic E-state index is 12.6. The van der Waals surface area contributed by atoms with E-state index in [4.69, 9.17) is 5.73 Å². The van der Waals surface area contributed by atoms with Crippen molar-refractivity contribution in [3.05, 3.63) is 35.6 Å². The zero-order valence-electron chi connectivity index (χ0n) is 8.98. The Bertz CT molecular complexity index is 431. The van der Waals surface area contributed by atoms with E-state index in [1.54, 1.807) is 6.92 Å². The van der Waals surface area contributed by atoms with Crippen LogP contribution in [-0.2, 0) is 15.8 Å². The molecule has 4 nitrogen and oxygen atoms in total. The van der Waals surface area contributed by atoms with Crippen LogP contribution in [0.5, 0.6) is 0 Å². The van der Waals surface area contributed by atoms with Gasteiger partial charge in [-0.3, -0.25) is 0 Å². The van der Waals surface area contributed by atoms with Crippen LogP contribution < -0.4 is 10.5 Å². The van der Waals surface area contributed by atoms with Gasteiger partial charge in [-0.1, -0.05) is 12.1 Å². The minimum Gasteiger partial charge on any atom is -0.329 e. The average molecular weight is 246 g/mol. The smallest absolute Gasteiger partial charge is 0.216 e. The summed E-state index contributed by atoms with van der Waals surface area (Å²) in [6.45, 7) is 1.92. The highest BCUT2D eigenvalue weighted by molar-refractivity contribution is 7.88. The third-order valence-corrected chi connectivity index (χ3v) is 3.48. The van der Waals surface area contributed by atoms with Gasteiger partial charge in [-0.05, 0) is 24.6 Å². The first-order valence-electron chi connectivity index (χ1n) is 4.87. The van der Waals surface area contributed by atoms with Gasteiger partial charge in [0, 0.05) is 12.6 Å². The molecule has 0 saturated carbocycles. The van der Waals surface area contributed by atoms with Crippen molar-refractivity contribution in [1.82, 2.24) is 4.72 Å². The van der Waals surface area contributed by atoms with E-state index in [1.807, 2.05) is 0 Å². The normalized spacial score (nSPS) is 13.7. The van der Waals surface area contributed by atoms with Crippen molar-refractivity contribution < 1.29 is 12.8 Å². The lowest BCUT2D eigenvalue weighted by molar-refractivity contribution is 0.561. The minimum atomic E-state index is -3.41. The second kappa shape index (κ2) is 5.38. The predicted molar refractivity (Wildman–Crippen MR) is 60.7 cm³/mol. The molecule has 0 radical (unpaired) electrons. The van der Waals surface area contributed by atoms with Crippen LogP contribution in [0.4, 0.5) is 4.39 Å². The highest BCUT2D eigenvalue weighted by Crippen LogP contribution is 2.06. The fourth-order valence-corrected chi connectivity index (χ4v) is 2.62. The summed E-state index contributed by atoms with van der Waals surface area (Å²) < 4.78 is 38.2. The largest absolute Gasteiger partial charge is 0.329 e. The Hall–Kier alpha value is -0.980. The Morgan fingerprint density at radius 3 is 2.44 bits per heavy atom. The van der Waals surface area contributed by atoms with Gasteiger partial charge in [-0.15, -0.1) is 0 Å². The molecule has 0 aromatic heterocycles. The molecule has 1 atom stereocenters. The van der Waals surface area contributed by atoms with Crippen molar-refractivity contribution >= 4 is 10.0 Å². The van der Waals surface area contributed by atoms with Gasteiger partial charge in [0.25, 0.3) is 0 Å². The Morgan fingerprint density at radius 1 is 1.38 bits per heavy atom. The highest BCUT2D eigenvalue weighted by atomic mass is 32.2. The summed E-state index contributed by atoms with van der Waals surface area (Å²) in [6.07, 6.45) is 0. The molecule has 16 heavy (non-hydrogen) atoms. The zero-order chi connectivity index (χ0) is 12.2. The van der Waals surface area contributed by atoms with Crippen LogP contribution in [0.2, 0.25) is 0 Å². The third kappa shape index (κ3) is 4.26. The quantitative estimate of drug-likeness (QED) is 0.798. The molecule has 0 unspecified atom stereocenters. The first-order chi connectivity index (χ1) is 7.43. The number of hydrogen-bond acceptors (Lipinski definition) is 3. The van der Waals surface area contributed by atoms with Gasteiger partial charge in [-0.2, -0.15) is 0 Å². The summed E-state index contributed by atoms with van der Waals surface area (Å²) in [5.74, 6) is -0.554. The van der Waals surface area contributed by atoms with E-state index < -0.39 is 10.0 Å². The average Bonchev–Trinajstić information content (AvgIpc) is 2.20. The summed E-state index contributed by atoms with van der Waals surface area (Å²) in [6, 6.07) is 5.06. The second-order valence-corrected chi connectivity index (χ2v) is 5.39. The van der Waals surface area contributed by atoms with Gasteiger partial charge in [0.15, 0.2) is 0 Å². The maximum absolute atomic E-state index is 12.6. The Balaban J connectivity index is 2.69. The molecule has 0 saturated heterocycles. The number of halogens is 1. The van der Waals surface area contributed by atoms with Crippen LogP contribution in [0.15, 0.2) is 24.3 Å². The van der Waals surface area contributed by atoms with Crippen molar-refractivity contribution in [3.8, 4) is 0 Å². The number of hydrogen-bond donors (Lipinski definition) is 2. The fourth-order valence-electron chi connectivity index (χ4n) is 1.20. The summed E-state index contributed by atoms with van der Waals surface area (Å²) in [5, 5.41) is 0. The highest BCUT2D eigenvalue weighted by Gasteiger charge is 2.14. The molecule has 0 amide bonds. The molecule has 1 rings (SSSR count). The molecule has 3 N–H and O–H groups in total. The van der Waals surface area contributed by atoms with Crippen LogP contribution in [-0.4, -0.2) is 21.0 Å². The molecule has 0 aliphatic carbocycles. The molecule has 90 valence electrons. The molecule has 1 aromatic carbocycles. The van der Waals surface area contributed by atoms with Crippen molar-refractivity contribution in [2.24, 2.45) is 5.73 Å². The van der Waals surface area contributed by atoms with Crippen molar-refractivity contribution in [3.63, 3.8) is 0 Å². The third-order valence-electron chi connectivity index (χ3n) is 2.00. The minimum absolute atomic E-state index is 0.169. The molecule has 0 aliphatic rings. The lowest BCUT2D eigenvalue weighted by Crippen LogP contribution is -2.38. The van der Waals surface area contributed by atoms with Gasteiger partial charge in [-0.25, -0.2) is 17.5 Å². The van der Waals surface area contributed by atoms with Crippen LogP contribution in [0.1, 0.15) is 12.5 Å². The van der Waals surface area contributed by atoms with E-state index in [0.717, 1.165) is 0 Å². The zero-order valence-corrected chi connectivity index (χ0v) is 9.80. The van der Waals surface area contributed by atoms with Crippen LogP contribution in [0.3, 0.4) is 0 Å². The first kappa shape index (κ1) is 13.1. The number of nitrogens with one attached hydrogen (secondary N) is 1. The molecular weight excluding hydrogens is 231 g/mol. The van der Waals surface area contributed by atoms with Crippen molar-refractivity contribution in [2.75, 3.05) is 6.54 Å². The summed E-state index contributed by atoms with van der Waals surface area (Å²) in [4.78, 5) is 0. The summed E-state index contributed by atoms with van der Waals surface area (Å²) >= 11 is 0. The van der Waals surface area contributed by atoms with E-state index in [-0.39, 0.29) is 24.2 Å². The molecule has 1 aromatic rings. The first-order valence-corrected chi connectivity index (χ1v) is 6.52. The molecule has 0 fully saturated rings. The Labute approximate surface area is 94.7 Å². The number of rotatable bonds is 5. The lowest BCUT2D eigenvalue weighted by atomic mass is 10.2. The van der Waals surface area contributed by atoms with Gasteiger partial charge in [0.1, 0.15) is 5.82 Å². The van der Waals surface area contributed by atoms with Crippen LogP contribution in [0.25, 0.3) is 0 Å². The Morgan fingerprint density at radius 2 is 1.94 bits per heavy atom. The van der Waals surface area contributed by atoms with E-state index in [2.05, 4.69) is 4.72 Å². The monoisotopic (exact) mass is 246 g/mol. The summed E-state index contributed by atoms with van der Waals surface area (Å²) in [7, 11) is -3.41. The summed E-state index contributed by atoms with van der Waals surface area (Å²) in [5.41, 5.74) is 5.86. The SMILES string of the molecule is C[C@H](CN)NS(=O)(=O)Cc1ccc(F)cc1. The molecule has 0 bridgehead atoms. The standard InChI is InChI=1S/C10H15FN2O2S/c1-8(6-12)13-16(14,15)7-9-2-4-10(11)5-3-9/h2-5,8,13H,6-7,12H2,1H3/t8-/m1/s1. The molecule has 0 aliphatic heterocycles. The number of nitrogens with two attached hydrogens (primary N) is 1. The maximum Gasteiger partial charge on any atom is 0.216 e. The van der Waals surface area contributed by atoms with Crippen molar-refractivity contribution in [1.29, 1.82) is 0 Å². The van der Waals surface area contributed by atoms with Crippen LogP contribution >= 0.6 is 0 Å². The van der Waals surface area contributed by atoms with E-state index >= 15 is 0 Å². The number of benzene rings is 1. The van der Waals surface area contributed by atoms with Gasteiger partial charge in [0.2, 0.25) is 10.0 Å². The lowest BCUT2D eigenvalue weighted by Gasteiger charge is -2.11. The van der Waals surface area contributed by atoms with E-state index in [0.29, 0.717) is 5.56 Å². The van der Waals surface area contributed by atoms with Crippen molar-refractivity contribution in [2.45, 2.75) is 18.7 Å². The fraction of sp³-hybridized carbons (Fsp3) is 0.400. The molecular formula is C10H15FN2O2S. The molecule has 6 heteroatoms. The van der Waals surface area contributed by atoms with Gasteiger partial charge < -0.3 is 5.73 Å². The molecule has 0 spiro atoms. The van der Waals surface area contributed by atoms with E-state index in [9.17, 15) is 12.8 Å².